The van der Waals surface area contributed by atoms with Crippen molar-refractivity contribution in [2.75, 3.05) is 50.0 Å². The lowest BCUT2D eigenvalue weighted by molar-refractivity contribution is -0.139. The zero-order valence-electron chi connectivity index (χ0n) is 12.4. The van der Waals surface area contributed by atoms with Gasteiger partial charge in [-0.25, -0.2) is 9.97 Å². The average Bonchev–Trinajstić information content (AvgIpc) is 2.57. The summed E-state index contributed by atoms with van der Waals surface area (Å²) in [5.74, 6) is 1.06. The number of nitrogen functional groups attached to an aromatic ring is 1. The Labute approximate surface area is 134 Å². The molecule has 0 radical (unpaired) electrons. The maximum Gasteiger partial charge on any atom is 0.227 e. The van der Waals surface area contributed by atoms with E-state index in [1.54, 1.807) is 0 Å². The van der Waals surface area contributed by atoms with E-state index in [9.17, 15) is 4.79 Å². The first-order valence-electron chi connectivity index (χ1n) is 7.54. The molecule has 2 saturated heterocycles. The zero-order chi connectivity index (χ0) is 15.5. The van der Waals surface area contributed by atoms with Crippen molar-refractivity contribution >= 4 is 29.1 Å². The van der Waals surface area contributed by atoms with Crippen LogP contribution >= 0.6 is 11.6 Å². The first-order valence-corrected chi connectivity index (χ1v) is 7.92. The van der Waals surface area contributed by atoms with E-state index < -0.39 is 0 Å². The summed E-state index contributed by atoms with van der Waals surface area (Å²) in [6, 6.07) is 0. The highest BCUT2D eigenvalue weighted by Gasteiger charge is 2.31. The van der Waals surface area contributed by atoms with E-state index in [2.05, 4.69) is 9.97 Å². The second-order valence-electron chi connectivity index (χ2n) is 5.62. The van der Waals surface area contributed by atoms with Gasteiger partial charge < -0.3 is 20.3 Å². The van der Waals surface area contributed by atoms with Gasteiger partial charge in [0, 0.05) is 26.2 Å². The predicted molar refractivity (Wildman–Crippen MR) is 83.8 cm³/mol. The normalized spacial score (nSPS) is 22.7. The number of carbonyl (C=O) groups excluding carboxylic acids is 1. The quantitative estimate of drug-likeness (QED) is 0.865. The Kier molecular flexibility index (Phi) is 4.63. The van der Waals surface area contributed by atoms with E-state index in [1.807, 2.05) is 9.80 Å². The number of ether oxygens (including phenoxy) is 1. The first kappa shape index (κ1) is 15.3. The smallest absolute Gasteiger partial charge is 0.227 e. The summed E-state index contributed by atoms with van der Waals surface area (Å²) >= 11 is 6.20. The fourth-order valence-corrected chi connectivity index (χ4v) is 3.22. The molecule has 2 N–H and O–H groups in total. The number of halogens is 1. The number of morpholine rings is 1. The third-order valence-electron chi connectivity index (χ3n) is 4.19. The van der Waals surface area contributed by atoms with E-state index in [0.29, 0.717) is 43.7 Å². The molecule has 0 aliphatic carbocycles. The summed E-state index contributed by atoms with van der Waals surface area (Å²) in [7, 11) is 0. The number of rotatable bonds is 2. The van der Waals surface area contributed by atoms with Crippen LogP contribution in [0.2, 0.25) is 5.02 Å². The standard InChI is InChI=1S/C14H20ClN5O2/c15-11-12(16)17-9-18-13(11)20-3-1-2-10(8-20)14(21)19-4-6-22-7-5-19/h9-10H,1-8H2,(H2,16,17,18)/t10-/m1/s1. The number of carbonyl (C=O) groups is 1. The highest BCUT2D eigenvalue weighted by atomic mass is 35.5. The summed E-state index contributed by atoms with van der Waals surface area (Å²) in [6.45, 7) is 4.04. The van der Waals surface area contributed by atoms with Gasteiger partial charge in [-0.05, 0) is 12.8 Å². The van der Waals surface area contributed by atoms with Crippen LogP contribution < -0.4 is 10.6 Å². The number of hydrogen-bond donors (Lipinski definition) is 1. The number of amides is 1. The monoisotopic (exact) mass is 325 g/mol. The number of aromatic nitrogens is 2. The van der Waals surface area contributed by atoms with Crippen molar-refractivity contribution in [2.24, 2.45) is 5.92 Å². The van der Waals surface area contributed by atoms with Crippen molar-refractivity contribution in [3.05, 3.63) is 11.3 Å². The van der Waals surface area contributed by atoms with Crippen molar-refractivity contribution in [3.63, 3.8) is 0 Å². The molecule has 0 saturated carbocycles. The number of anilines is 2. The van der Waals surface area contributed by atoms with Crippen LogP contribution in [0.5, 0.6) is 0 Å². The summed E-state index contributed by atoms with van der Waals surface area (Å²) in [4.78, 5) is 24.7. The van der Waals surface area contributed by atoms with Gasteiger partial charge in [0.1, 0.15) is 17.2 Å². The minimum Gasteiger partial charge on any atom is -0.382 e. The lowest BCUT2D eigenvalue weighted by Crippen LogP contribution is -2.48. The summed E-state index contributed by atoms with van der Waals surface area (Å²) < 4.78 is 5.30. The maximum atomic E-state index is 12.6. The van der Waals surface area contributed by atoms with Crippen LogP contribution in [0.25, 0.3) is 0 Å². The fraction of sp³-hybridized carbons (Fsp3) is 0.643. The molecular weight excluding hydrogens is 306 g/mol. The molecule has 0 aromatic carbocycles. The number of piperidine rings is 1. The molecule has 0 spiro atoms. The summed E-state index contributed by atoms with van der Waals surface area (Å²) in [5.41, 5.74) is 5.74. The largest absolute Gasteiger partial charge is 0.382 e. The van der Waals surface area contributed by atoms with Crippen LogP contribution in [0.15, 0.2) is 6.33 Å². The van der Waals surface area contributed by atoms with Crippen molar-refractivity contribution < 1.29 is 9.53 Å². The molecule has 2 fully saturated rings. The van der Waals surface area contributed by atoms with Crippen LogP contribution in [0.4, 0.5) is 11.6 Å². The summed E-state index contributed by atoms with van der Waals surface area (Å²) in [5, 5.41) is 0.363. The van der Waals surface area contributed by atoms with Crippen molar-refractivity contribution in [3.8, 4) is 0 Å². The Morgan fingerprint density at radius 3 is 2.86 bits per heavy atom. The van der Waals surface area contributed by atoms with Gasteiger partial charge >= 0.3 is 0 Å². The van der Waals surface area contributed by atoms with E-state index in [0.717, 1.165) is 19.4 Å². The Morgan fingerprint density at radius 1 is 1.32 bits per heavy atom. The minimum absolute atomic E-state index is 0.0286. The number of hydrogen-bond acceptors (Lipinski definition) is 6. The second-order valence-corrected chi connectivity index (χ2v) is 6.00. The number of nitrogens with zero attached hydrogens (tertiary/aromatic N) is 4. The van der Waals surface area contributed by atoms with Gasteiger partial charge in [-0.2, -0.15) is 0 Å². The molecule has 1 aromatic heterocycles. The lowest BCUT2D eigenvalue weighted by atomic mass is 9.96. The van der Waals surface area contributed by atoms with E-state index in [1.165, 1.54) is 6.33 Å². The van der Waals surface area contributed by atoms with Gasteiger partial charge in [-0.1, -0.05) is 11.6 Å². The van der Waals surface area contributed by atoms with E-state index in [-0.39, 0.29) is 17.6 Å². The summed E-state index contributed by atoms with van der Waals surface area (Å²) in [6.07, 6.45) is 3.23. The molecule has 1 atom stereocenters. The topological polar surface area (TPSA) is 84.6 Å². The van der Waals surface area contributed by atoms with E-state index >= 15 is 0 Å². The van der Waals surface area contributed by atoms with Crippen LogP contribution in [0.3, 0.4) is 0 Å². The van der Waals surface area contributed by atoms with Gasteiger partial charge in [0.15, 0.2) is 5.82 Å². The molecule has 3 heterocycles. The minimum atomic E-state index is -0.0286. The van der Waals surface area contributed by atoms with Crippen molar-refractivity contribution in [1.29, 1.82) is 0 Å². The first-order chi connectivity index (χ1) is 10.7. The maximum absolute atomic E-state index is 12.6. The Hall–Kier alpha value is -1.60. The molecule has 0 bridgehead atoms. The van der Waals surface area contributed by atoms with Crippen LogP contribution in [0.1, 0.15) is 12.8 Å². The van der Waals surface area contributed by atoms with Crippen LogP contribution in [-0.2, 0) is 9.53 Å². The SMILES string of the molecule is Nc1ncnc(N2CCC[C@@H](C(=O)N3CCOCC3)C2)c1Cl. The van der Waals surface area contributed by atoms with Crippen LogP contribution in [0, 0.1) is 5.92 Å². The Morgan fingerprint density at radius 2 is 2.09 bits per heavy atom. The molecule has 120 valence electrons. The molecule has 22 heavy (non-hydrogen) atoms. The fourth-order valence-electron chi connectivity index (χ4n) is 3.01. The third kappa shape index (κ3) is 3.10. The average molecular weight is 326 g/mol. The van der Waals surface area contributed by atoms with E-state index in [4.69, 9.17) is 22.1 Å². The van der Waals surface area contributed by atoms with Gasteiger partial charge in [-0.3, -0.25) is 4.79 Å². The third-order valence-corrected chi connectivity index (χ3v) is 4.55. The Bertz CT molecular complexity index is 550. The molecule has 1 amide bonds. The van der Waals surface area contributed by atoms with Crippen molar-refractivity contribution in [1.82, 2.24) is 14.9 Å². The lowest BCUT2D eigenvalue weighted by Gasteiger charge is -2.36. The zero-order valence-corrected chi connectivity index (χ0v) is 13.1. The molecule has 3 rings (SSSR count). The number of nitrogens with two attached hydrogens (primary N) is 1. The molecule has 2 aliphatic heterocycles. The van der Waals surface area contributed by atoms with Crippen molar-refractivity contribution in [2.45, 2.75) is 12.8 Å². The van der Waals surface area contributed by atoms with Gasteiger partial charge in [-0.15, -0.1) is 0 Å². The molecule has 2 aliphatic rings. The van der Waals surface area contributed by atoms with Gasteiger partial charge in [0.05, 0.1) is 19.1 Å². The molecular formula is C14H20ClN5O2. The predicted octanol–water partition coefficient (Wildman–Crippen LogP) is 0.787. The van der Waals surface area contributed by atoms with Gasteiger partial charge in [0.25, 0.3) is 0 Å². The molecule has 8 heteroatoms. The Balaban J connectivity index is 1.71. The molecule has 7 nitrogen and oxygen atoms in total. The second kappa shape index (κ2) is 6.66. The molecule has 0 unspecified atom stereocenters. The highest BCUT2D eigenvalue weighted by Crippen LogP contribution is 2.30. The molecule has 1 aromatic rings. The van der Waals surface area contributed by atoms with Gasteiger partial charge in [0.2, 0.25) is 5.91 Å². The van der Waals surface area contributed by atoms with Crippen LogP contribution in [-0.4, -0.2) is 60.2 Å². The highest BCUT2D eigenvalue weighted by molar-refractivity contribution is 6.35.